The van der Waals surface area contributed by atoms with E-state index in [2.05, 4.69) is 15.7 Å². The number of ether oxygens (including phenoxy) is 2. The van der Waals surface area contributed by atoms with Crippen LogP contribution >= 0.6 is 0 Å². The molecule has 1 heterocycles. The number of methoxy groups -OCH3 is 2. The Balaban J connectivity index is 2.03. The molecular formula is C15H17FN4O4. The average Bonchev–Trinajstić information content (AvgIpc) is 2.98. The van der Waals surface area contributed by atoms with E-state index in [4.69, 9.17) is 9.47 Å². The van der Waals surface area contributed by atoms with Gasteiger partial charge in [0.25, 0.3) is 0 Å². The molecule has 0 spiro atoms. The lowest BCUT2D eigenvalue weighted by Crippen LogP contribution is -2.35. The van der Waals surface area contributed by atoms with Gasteiger partial charge < -0.3 is 20.1 Å². The number of anilines is 1. The van der Waals surface area contributed by atoms with Crippen molar-refractivity contribution < 1.29 is 23.5 Å². The third kappa shape index (κ3) is 3.80. The molecule has 0 aliphatic carbocycles. The standard InChI is InChI=1S/C15H17FN4O4/c1-20-9(4-5-18-20)8-17-14(21)15(22)19-11-7-13(24-3)12(23-2)6-10(11)16/h4-7H,8H2,1-3H3,(H,17,21)(H,19,22). The summed E-state index contributed by atoms with van der Waals surface area (Å²) < 4.78 is 25.5. The van der Waals surface area contributed by atoms with E-state index in [1.54, 1.807) is 24.0 Å². The first kappa shape index (κ1) is 17.3. The molecule has 0 aliphatic rings. The van der Waals surface area contributed by atoms with Gasteiger partial charge in [-0.25, -0.2) is 4.39 Å². The van der Waals surface area contributed by atoms with Crippen LogP contribution in [0, 0.1) is 5.82 Å². The molecule has 9 heteroatoms. The van der Waals surface area contributed by atoms with Gasteiger partial charge in [-0.15, -0.1) is 0 Å². The second kappa shape index (κ2) is 7.44. The van der Waals surface area contributed by atoms with Gasteiger partial charge in [0.1, 0.15) is 0 Å². The molecule has 0 saturated carbocycles. The molecule has 128 valence electrons. The monoisotopic (exact) mass is 336 g/mol. The van der Waals surface area contributed by atoms with Crippen molar-refractivity contribution >= 4 is 17.5 Å². The Kier molecular flexibility index (Phi) is 5.35. The first-order valence-corrected chi connectivity index (χ1v) is 6.93. The van der Waals surface area contributed by atoms with Crippen molar-refractivity contribution in [2.75, 3.05) is 19.5 Å². The zero-order chi connectivity index (χ0) is 17.7. The van der Waals surface area contributed by atoms with E-state index in [-0.39, 0.29) is 23.7 Å². The molecule has 0 bridgehead atoms. The predicted molar refractivity (Wildman–Crippen MR) is 83.2 cm³/mol. The van der Waals surface area contributed by atoms with Crippen molar-refractivity contribution in [3.63, 3.8) is 0 Å². The van der Waals surface area contributed by atoms with Crippen molar-refractivity contribution in [1.29, 1.82) is 0 Å². The summed E-state index contributed by atoms with van der Waals surface area (Å²) in [6, 6.07) is 3.99. The van der Waals surface area contributed by atoms with E-state index < -0.39 is 17.6 Å². The van der Waals surface area contributed by atoms with E-state index in [9.17, 15) is 14.0 Å². The van der Waals surface area contributed by atoms with Crippen LogP contribution in [0.3, 0.4) is 0 Å². The summed E-state index contributed by atoms with van der Waals surface area (Å²) in [5, 5.41) is 8.57. The lowest BCUT2D eigenvalue weighted by Gasteiger charge is -2.12. The van der Waals surface area contributed by atoms with Gasteiger partial charge in [0, 0.05) is 25.4 Å². The minimum atomic E-state index is -0.997. The minimum absolute atomic E-state index is 0.122. The average molecular weight is 336 g/mol. The van der Waals surface area contributed by atoms with Crippen LogP contribution in [-0.2, 0) is 23.2 Å². The van der Waals surface area contributed by atoms with E-state index >= 15 is 0 Å². The van der Waals surface area contributed by atoms with Crippen molar-refractivity contribution in [1.82, 2.24) is 15.1 Å². The van der Waals surface area contributed by atoms with Gasteiger partial charge in [-0.3, -0.25) is 14.3 Å². The smallest absolute Gasteiger partial charge is 0.313 e. The van der Waals surface area contributed by atoms with Crippen molar-refractivity contribution in [2.24, 2.45) is 7.05 Å². The second-order valence-electron chi connectivity index (χ2n) is 4.77. The first-order chi connectivity index (χ1) is 11.5. The summed E-state index contributed by atoms with van der Waals surface area (Å²) in [6.45, 7) is 0.122. The summed E-state index contributed by atoms with van der Waals surface area (Å²) in [6.07, 6.45) is 1.57. The van der Waals surface area contributed by atoms with Gasteiger partial charge in [-0.1, -0.05) is 0 Å². The van der Waals surface area contributed by atoms with Gasteiger partial charge >= 0.3 is 11.8 Å². The molecule has 0 radical (unpaired) electrons. The molecule has 1 aromatic carbocycles. The van der Waals surface area contributed by atoms with Gasteiger partial charge in [-0.2, -0.15) is 5.10 Å². The number of benzene rings is 1. The Labute approximate surface area is 137 Å². The number of carbonyl (C=O) groups excluding carboxylic acids is 2. The number of amides is 2. The highest BCUT2D eigenvalue weighted by Crippen LogP contribution is 2.32. The zero-order valence-electron chi connectivity index (χ0n) is 13.4. The van der Waals surface area contributed by atoms with Gasteiger partial charge in [0.15, 0.2) is 17.3 Å². The van der Waals surface area contributed by atoms with Crippen molar-refractivity contribution in [3.8, 4) is 11.5 Å². The largest absolute Gasteiger partial charge is 0.493 e. The van der Waals surface area contributed by atoms with Crippen LogP contribution in [0.4, 0.5) is 10.1 Å². The number of carbonyl (C=O) groups is 2. The van der Waals surface area contributed by atoms with E-state index in [1.807, 2.05) is 0 Å². The maximum Gasteiger partial charge on any atom is 0.313 e. The summed E-state index contributed by atoms with van der Waals surface area (Å²) in [5.41, 5.74) is 0.529. The summed E-state index contributed by atoms with van der Waals surface area (Å²) in [7, 11) is 4.45. The minimum Gasteiger partial charge on any atom is -0.493 e. The molecule has 2 rings (SSSR count). The van der Waals surface area contributed by atoms with E-state index in [0.29, 0.717) is 5.69 Å². The molecule has 8 nitrogen and oxygen atoms in total. The van der Waals surface area contributed by atoms with Crippen LogP contribution in [0.25, 0.3) is 0 Å². The van der Waals surface area contributed by atoms with E-state index in [0.717, 1.165) is 6.07 Å². The predicted octanol–water partition coefficient (Wildman–Crippen LogP) is 0.831. The van der Waals surface area contributed by atoms with E-state index in [1.165, 1.54) is 20.3 Å². The number of rotatable bonds is 5. The highest BCUT2D eigenvalue weighted by molar-refractivity contribution is 6.39. The van der Waals surface area contributed by atoms with Gasteiger partial charge in [0.2, 0.25) is 0 Å². The summed E-state index contributed by atoms with van der Waals surface area (Å²) >= 11 is 0. The number of nitrogens with one attached hydrogen (secondary N) is 2. The molecule has 0 saturated heterocycles. The fourth-order valence-electron chi connectivity index (χ4n) is 1.95. The number of hydrogen-bond acceptors (Lipinski definition) is 5. The van der Waals surface area contributed by atoms with Gasteiger partial charge in [0.05, 0.1) is 32.1 Å². The third-order valence-electron chi connectivity index (χ3n) is 3.28. The number of aromatic nitrogens is 2. The SMILES string of the molecule is COc1cc(F)c(NC(=O)C(=O)NCc2ccnn2C)cc1OC. The Morgan fingerprint density at radius 3 is 2.46 bits per heavy atom. The Morgan fingerprint density at radius 2 is 1.88 bits per heavy atom. The zero-order valence-corrected chi connectivity index (χ0v) is 13.4. The molecule has 1 aromatic heterocycles. The number of halogens is 1. The van der Waals surface area contributed by atoms with Gasteiger partial charge in [-0.05, 0) is 6.07 Å². The Hall–Kier alpha value is -3.10. The molecule has 2 amide bonds. The quantitative estimate of drug-likeness (QED) is 0.789. The third-order valence-corrected chi connectivity index (χ3v) is 3.28. The lowest BCUT2D eigenvalue weighted by molar-refractivity contribution is -0.136. The Bertz CT molecular complexity index is 760. The topological polar surface area (TPSA) is 94.5 Å². The fourth-order valence-corrected chi connectivity index (χ4v) is 1.95. The molecule has 0 fully saturated rings. The molecule has 0 unspecified atom stereocenters. The highest BCUT2D eigenvalue weighted by Gasteiger charge is 2.18. The molecular weight excluding hydrogens is 319 g/mol. The molecule has 2 aromatic rings. The van der Waals surface area contributed by atoms with Crippen LogP contribution in [0.2, 0.25) is 0 Å². The van der Waals surface area contributed by atoms with Crippen molar-refractivity contribution in [2.45, 2.75) is 6.54 Å². The van der Waals surface area contributed by atoms with Crippen LogP contribution in [0.1, 0.15) is 5.69 Å². The van der Waals surface area contributed by atoms with Crippen LogP contribution in [0.15, 0.2) is 24.4 Å². The molecule has 2 N–H and O–H groups in total. The maximum atomic E-state index is 13.9. The Morgan fingerprint density at radius 1 is 1.21 bits per heavy atom. The normalized spacial score (nSPS) is 10.2. The van der Waals surface area contributed by atoms with Crippen LogP contribution in [0.5, 0.6) is 11.5 Å². The first-order valence-electron chi connectivity index (χ1n) is 6.93. The highest BCUT2D eigenvalue weighted by atomic mass is 19.1. The number of hydrogen-bond donors (Lipinski definition) is 2. The maximum absolute atomic E-state index is 13.9. The molecule has 0 aliphatic heterocycles. The second-order valence-corrected chi connectivity index (χ2v) is 4.77. The summed E-state index contributed by atoms with van der Waals surface area (Å²) in [5.74, 6) is -2.24. The number of aryl methyl sites for hydroxylation is 1. The lowest BCUT2D eigenvalue weighted by atomic mass is 10.2. The van der Waals surface area contributed by atoms with Crippen molar-refractivity contribution in [3.05, 3.63) is 35.9 Å². The summed E-state index contributed by atoms with van der Waals surface area (Å²) in [4.78, 5) is 23.7. The number of nitrogens with zero attached hydrogens (tertiary/aromatic N) is 2. The molecule has 24 heavy (non-hydrogen) atoms. The van der Waals surface area contributed by atoms with Crippen LogP contribution in [-0.4, -0.2) is 35.8 Å². The van der Waals surface area contributed by atoms with Crippen LogP contribution < -0.4 is 20.1 Å². The molecule has 0 atom stereocenters. The fraction of sp³-hybridized carbons (Fsp3) is 0.267.